The minimum Gasteiger partial charge on any atom is -0.503 e. The summed E-state index contributed by atoms with van der Waals surface area (Å²) < 4.78 is 5.46. The van der Waals surface area contributed by atoms with Crippen LogP contribution in [0, 0.1) is 0 Å². The van der Waals surface area contributed by atoms with E-state index < -0.39 is 12.0 Å². The molecule has 0 spiro atoms. The highest BCUT2D eigenvalue weighted by atomic mass is 79.9. The molecule has 120 valence electrons. The Morgan fingerprint density at radius 2 is 2.04 bits per heavy atom. The Morgan fingerprint density at radius 3 is 2.70 bits per heavy atom. The summed E-state index contributed by atoms with van der Waals surface area (Å²) in [6.07, 6.45) is 0.0805. The van der Waals surface area contributed by atoms with Gasteiger partial charge in [-0.25, -0.2) is 5.43 Å². The predicted molar refractivity (Wildman–Crippen MR) is 89.5 cm³/mol. The number of aliphatic hydroxyl groups excluding tert-OH is 1. The first-order valence-electron chi connectivity index (χ1n) is 6.65. The lowest BCUT2D eigenvalue weighted by molar-refractivity contribution is -0.129. The van der Waals surface area contributed by atoms with Gasteiger partial charge in [0, 0.05) is 0 Å². The molecule has 0 unspecified atom stereocenters. The van der Waals surface area contributed by atoms with E-state index in [-0.39, 0.29) is 11.5 Å². The highest BCUT2D eigenvalue weighted by Crippen LogP contribution is 2.34. The number of phenols is 1. The standard InChI is InChI=1S/C16H15BrN2O4/c1-23-13-8-10(7-12(17)15(13)21)9-18-19-16(22)14(20)11-5-3-2-4-6-11/h2-9,14,20-21H,1H3,(H,19,22)/b18-9+/t14-/m0/s1. The van der Waals surface area contributed by atoms with Crippen molar-refractivity contribution in [3.05, 3.63) is 58.1 Å². The number of benzene rings is 2. The van der Waals surface area contributed by atoms with E-state index in [1.807, 2.05) is 0 Å². The van der Waals surface area contributed by atoms with E-state index in [9.17, 15) is 15.0 Å². The van der Waals surface area contributed by atoms with E-state index in [2.05, 4.69) is 26.5 Å². The normalized spacial score (nSPS) is 12.1. The van der Waals surface area contributed by atoms with Gasteiger partial charge in [-0.05, 0) is 39.2 Å². The Morgan fingerprint density at radius 1 is 1.35 bits per heavy atom. The van der Waals surface area contributed by atoms with Gasteiger partial charge in [0.05, 0.1) is 17.8 Å². The molecule has 7 heteroatoms. The summed E-state index contributed by atoms with van der Waals surface area (Å²) in [7, 11) is 1.43. The maximum atomic E-state index is 11.8. The molecule has 2 aromatic rings. The number of carbonyl (C=O) groups excluding carboxylic acids is 1. The summed E-state index contributed by atoms with van der Waals surface area (Å²) >= 11 is 3.19. The van der Waals surface area contributed by atoms with Crippen LogP contribution >= 0.6 is 15.9 Å². The largest absolute Gasteiger partial charge is 0.503 e. The molecule has 6 nitrogen and oxygen atoms in total. The molecule has 0 aliphatic carbocycles. The van der Waals surface area contributed by atoms with Crippen molar-refractivity contribution in [1.29, 1.82) is 0 Å². The van der Waals surface area contributed by atoms with E-state index in [0.29, 0.717) is 15.6 Å². The summed E-state index contributed by atoms with van der Waals surface area (Å²) in [5.74, 6) is -0.387. The molecule has 2 aromatic carbocycles. The second kappa shape index (κ2) is 7.75. The zero-order valence-electron chi connectivity index (χ0n) is 12.2. The Labute approximate surface area is 141 Å². The van der Waals surface area contributed by atoms with Crippen molar-refractivity contribution >= 4 is 28.1 Å². The van der Waals surface area contributed by atoms with E-state index in [0.717, 1.165) is 0 Å². The van der Waals surface area contributed by atoms with Gasteiger partial charge in [0.1, 0.15) is 0 Å². The van der Waals surface area contributed by atoms with Gasteiger partial charge in [-0.15, -0.1) is 0 Å². The van der Waals surface area contributed by atoms with Crippen molar-refractivity contribution in [1.82, 2.24) is 5.43 Å². The Hall–Kier alpha value is -2.38. The van der Waals surface area contributed by atoms with Gasteiger partial charge in [-0.1, -0.05) is 30.3 Å². The lowest BCUT2D eigenvalue weighted by Crippen LogP contribution is -2.25. The maximum absolute atomic E-state index is 11.8. The number of nitrogens with zero attached hydrogens (tertiary/aromatic N) is 1. The number of hydrogen-bond donors (Lipinski definition) is 3. The molecule has 3 N–H and O–H groups in total. The minimum atomic E-state index is -1.30. The number of hydrogen-bond acceptors (Lipinski definition) is 5. The molecule has 0 heterocycles. The number of methoxy groups -OCH3 is 1. The molecular formula is C16H15BrN2O4. The van der Waals surface area contributed by atoms with Crippen LogP contribution < -0.4 is 10.2 Å². The molecule has 0 saturated carbocycles. The van der Waals surface area contributed by atoms with Crippen LogP contribution in [0.25, 0.3) is 0 Å². The number of carbonyl (C=O) groups is 1. The molecule has 0 radical (unpaired) electrons. The molecule has 0 bridgehead atoms. The molecule has 0 fully saturated rings. The number of halogens is 1. The molecule has 1 amide bonds. The van der Waals surface area contributed by atoms with E-state index in [1.165, 1.54) is 13.3 Å². The average Bonchev–Trinajstić information content (AvgIpc) is 2.57. The number of aromatic hydroxyl groups is 1. The van der Waals surface area contributed by atoms with Crippen LogP contribution in [-0.4, -0.2) is 29.4 Å². The minimum absolute atomic E-state index is 0.0202. The van der Waals surface area contributed by atoms with Gasteiger partial charge in [0.2, 0.25) is 0 Å². The smallest absolute Gasteiger partial charge is 0.273 e. The number of phenolic OH excluding ortho intramolecular Hbond substituents is 1. The number of ether oxygens (including phenoxy) is 1. The fourth-order valence-corrected chi connectivity index (χ4v) is 2.30. The first-order chi connectivity index (χ1) is 11.0. The van der Waals surface area contributed by atoms with Crippen LogP contribution in [0.5, 0.6) is 11.5 Å². The van der Waals surface area contributed by atoms with Crippen LogP contribution in [0.4, 0.5) is 0 Å². The fraction of sp³-hybridized carbons (Fsp3) is 0.125. The lowest BCUT2D eigenvalue weighted by Gasteiger charge is -2.09. The first kappa shape index (κ1) is 17.0. The number of amides is 1. The summed E-state index contributed by atoms with van der Waals surface area (Å²) in [5, 5.41) is 23.4. The molecule has 1 atom stereocenters. The highest BCUT2D eigenvalue weighted by Gasteiger charge is 2.16. The van der Waals surface area contributed by atoms with Crippen LogP contribution in [0.1, 0.15) is 17.2 Å². The third kappa shape index (κ3) is 4.30. The van der Waals surface area contributed by atoms with E-state index in [4.69, 9.17) is 4.74 Å². The predicted octanol–water partition coefficient (Wildman–Crippen LogP) is 2.35. The zero-order valence-corrected chi connectivity index (χ0v) is 13.8. The van der Waals surface area contributed by atoms with Crippen molar-refractivity contribution < 1.29 is 19.7 Å². The van der Waals surface area contributed by atoms with E-state index >= 15 is 0 Å². The molecule has 0 aromatic heterocycles. The Kier molecular flexibility index (Phi) is 5.72. The maximum Gasteiger partial charge on any atom is 0.273 e. The number of hydrazone groups is 1. The second-order valence-corrected chi connectivity index (χ2v) is 5.46. The quantitative estimate of drug-likeness (QED) is 0.550. The molecular weight excluding hydrogens is 364 g/mol. The molecule has 0 aliphatic heterocycles. The SMILES string of the molecule is COc1cc(/C=N/NC(=O)[C@@H](O)c2ccccc2)cc(Br)c1O. The molecule has 0 aliphatic rings. The number of nitrogens with one attached hydrogen (secondary N) is 1. The third-order valence-corrected chi connectivity index (χ3v) is 3.63. The fourth-order valence-electron chi connectivity index (χ4n) is 1.84. The first-order valence-corrected chi connectivity index (χ1v) is 7.44. The topological polar surface area (TPSA) is 91.2 Å². The third-order valence-electron chi connectivity index (χ3n) is 3.02. The number of rotatable bonds is 5. The van der Waals surface area contributed by atoms with Gasteiger partial charge in [-0.2, -0.15) is 5.10 Å². The van der Waals surface area contributed by atoms with Gasteiger partial charge in [-0.3, -0.25) is 4.79 Å². The van der Waals surface area contributed by atoms with Crippen molar-refractivity contribution in [3.63, 3.8) is 0 Å². The van der Waals surface area contributed by atoms with Gasteiger partial charge in [0.15, 0.2) is 17.6 Å². The van der Waals surface area contributed by atoms with Gasteiger partial charge >= 0.3 is 0 Å². The number of aliphatic hydroxyl groups is 1. The average molecular weight is 379 g/mol. The van der Waals surface area contributed by atoms with Crippen molar-refractivity contribution in [2.75, 3.05) is 7.11 Å². The van der Waals surface area contributed by atoms with Crippen LogP contribution in [0.2, 0.25) is 0 Å². The molecule has 2 rings (SSSR count). The highest BCUT2D eigenvalue weighted by molar-refractivity contribution is 9.10. The molecule has 0 saturated heterocycles. The summed E-state index contributed by atoms with van der Waals surface area (Å²) in [6, 6.07) is 11.7. The van der Waals surface area contributed by atoms with E-state index in [1.54, 1.807) is 42.5 Å². The monoisotopic (exact) mass is 378 g/mol. The van der Waals surface area contributed by atoms with Crippen LogP contribution in [0.3, 0.4) is 0 Å². The van der Waals surface area contributed by atoms with Gasteiger partial charge in [0.25, 0.3) is 5.91 Å². The Bertz CT molecular complexity index is 720. The molecule has 23 heavy (non-hydrogen) atoms. The lowest BCUT2D eigenvalue weighted by atomic mass is 10.1. The zero-order chi connectivity index (χ0) is 16.8. The van der Waals surface area contributed by atoms with Crippen molar-refractivity contribution in [2.24, 2.45) is 5.10 Å². The van der Waals surface area contributed by atoms with Crippen LogP contribution in [0.15, 0.2) is 52.0 Å². The summed E-state index contributed by atoms with van der Waals surface area (Å²) in [4.78, 5) is 11.8. The van der Waals surface area contributed by atoms with Crippen molar-refractivity contribution in [3.8, 4) is 11.5 Å². The Balaban J connectivity index is 2.04. The summed E-state index contributed by atoms with van der Waals surface area (Å²) in [6.45, 7) is 0. The van der Waals surface area contributed by atoms with Gasteiger partial charge < -0.3 is 14.9 Å². The van der Waals surface area contributed by atoms with Crippen molar-refractivity contribution in [2.45, 2.75) is 6.10 Å². The van der Waals surface area contributed by atoms with Crippen LogP contribution in [-0.2, 0) is 4.79 Å². The summed E-state index contributed by atoms with van der Waals surface area (Å²) in [5.41, 5.74) is 3.34. The second-order valence-electron chi connectivity index (χ2n) is 4.60.